The van der Waals surface area contributed by atoms with Crippen molar-refractivity contribution in [3.63, 3.8) is 0 Å². The SMILES string of the molecule is Cc1ccc(S(=O)(=O)NCCC2OCCCO2)cc1C. The Labute approximate surface area is 120 Å². The Bertz CT molecular complexity index is 550. The molecule has 1 aliphatic rings. The van der Waals surface area contributed by atoms with E-state index in [9.17, 15) is 8.42 Å². The van der Waals surface area contributed by atoms with Crippen LogP contribution in [0.3, 0.4) is 0 Å². The predicted molar refractivity (Wildman–Crippen MR) is 76.0 cm³/mol. The molecule has 1 aromatic rings. The summed E-state index contributed by atoms with van der Waals surface area (Å²) < 4.78 is 37.6. The Balaban J connectivity index is 1.91. The van der Waals surface area contributed by atoms with E-state index in [1.54, 1.807) is 12.1 Å². The van der Waals surface area contributed by atoms with E-state index in [4.69, 9.17) is 9.47 Å². The summed E-state index contributed by atoms with van der Waals surface area (Å²) in [5, 5.41) is 0. The van der Waals surface area contributed by atoms with Gasteiger partial charge in [0.1, 0.15) is 0 Å². The molecule has 112 valence electrons. The van der Waals surface area contributed by atoms with Crippen molar-refractivity contribution in [3.8, 4) is 0 Å². The average molecular weight is 299 g/mol. The summed E-state index contributed by atoms with van der Waals surface area (Å²) in [5.41, 5.74) is 2.04. The van der Waals surface area contributed by atoms with Crippen molar-refractivity contribution in [3.05, 3.63) is 29.3 Å². The zero-order valence-corrected chi connectivity index (χ0v) is 12.7. The number of ether oxygens (including phenoxy) is 2. The largest absolute Gasteiger partial charge is 0.353 e. The van der Waals surface area contributed by atoms with Crippen molar-refractivity contribution < 1.29 is 17.9 Å². The van der Waals surface area contributed by atoms with Gasteiger partial charge in [0.25, 0.3) is 0 Å². The number of hydrogen-bond donors (Lipinski definition) is 1. The topological polar surface area (TPSA) is 64.6 Å². The minimum atomic E-state index is -3.46. The van der Waals surface area contributed by atoms with E-state index in [-0.39, 0.29) is 6.29 Å². The highest BCUT2D eigenvalue weighted by atomic mass is 32.2. The highest BCUT2D eigenvalue weighted by Crippen LogP contribution is 2.15. The van der Waals surface area contributed by atoms with E-state index in [0.29, 0.717) is 31.1 Å². The molecule has 1 heterocycles. The van der Waals surface area contributed by atoms with Crippen LogP contribution in [0.5, 0.6) is 0 Å². The summed E-state index contributed by atoms with van der Waals surface area (Å²) in [7, 11) is -3.46. The molecule has 1 N–H and O–H groups in total. The third-order valence-corrected chi connectivity index (χ3v) is 4.82. The fourth-order valence-electron chi connectivity index (χ4n) is 1.98. The zero-order valence-electron chi connectivity index (χ0n) is 11.9. The second kappa shape index (κ2) is 6.67. The van der Waals surface area contributed by atoms with E-state index in [1.165, 1.54) is 0 Å². The van der Waals surface area contributed by atoms with Gasteiger partial charge >= 0.3 is 0 Å². The van der Waals surface area contributed by atoms with Crippen molar-refractivity contribution in [2.45, 2.75) is 37.9 Å². The third kappa shape index (κ3) is 4.02. The van der Waals surface area contributed by atoms with Crippen LogP contribution in [-0.4, -0.2) is 34.5 Å². The molecular formula is C14H21NO4S. The van der Waals surface area contributed by atoms with E-state index >= 15 is 0 Å². The monoisotopic (exact) mass is 299 g/mol. The lowest BCUT2D eigenvalue weighted by Gasteiger charge is -2.23. The fourth-order valence-corrected chi connectivity index (χ4v) is 3.11. The smallest absolute Gasteiger partial charge is 0.240 e. The van der Waals surface area contributed by atoms with Crippen LogP contribution in [0.1, 0.15) is 24.0 Å². The minimum Gasteiger partial charge on any atom is -0.353 e. The van der Waals surface area contributed by atoms with Crippen LogP contribution in [0.15, 0.2) is 23.1 Å². The maximum atomic E-state index is 12.1. The predicted octanol–water partition coefficient (Wildman–Crippen LogP) is 1.73. The van der Waals surface area contributed by atoms with E-state index in [2.05, 4.69) is 4.72 Å². The molecule has 0 bridgehead atoms. The number of hydrogen-bond acceptors (Lipinski definition) is 4. The van der Waals surface area contributed by atoms with Crippen molar-refractivity contribution in [1.82, 2.24) is 4.72 Å². The molecule has 0 atom stereocenters. The van der Waals surface area contributed by atoms with E-state index in [0.717, 1.165) is 17.5 Å². The molecule has 0 saturated carbocycles. The van der Waals surface area contributed by atoms with Gasteiger partial charge < -0.3 is 9.47 Å². The molecule has 0 unspecified atom stereocenters. The van der Waals surface area contributed by atoms with Crippen LogP contribution in [0.25, 0.3) is 0 Å². The Morgan fingerprint density at radius 3 is 2.55 bits per heavy atom. The summed E-state index contributed by atoms with van der Waals surface area (Å²) in [6, 6.07) is 5.13. The van der Waals surface area contributed by atoms with Crippen LogP contribution in [0.4, 0.5) is 0 Å². The van der Waals surface area contributed by atoms with Crippen LogP contribution in [0.2, 0.25) is 0 Å². The molecule has 5 nitrogen and oxygen atoms in total. The van der Waals surface area contributed by atoms with Crippen molar-refractivity contribution in [1.29, 1.82) is 0 Å². The number of rotatable bonds is 5. The van der Waals surface area contributed by atoms with Gasteiger partial charge in [-0.25, -0.2) is 13.1 Å². The van der Waals surface area contributed by atoms with Gasteiger partial charge in [-0.3, -0.25) is 0 Å². The zero-order chi connectivity index (χ0) is 14.6. The van der Waals surface area contributed by atoms with Gasteiger partial charge in [-0.1, -0.05) is 6.07 Å². The maximum Gasteiger partial charge on any atom is 0.240 e. The molecule has 1 aromatic carbocycles. The van der Waals surface area contributed by atoms with Gasteiger partial charge in [0, 0.05) is 13.0 Å². The van der Waals surface area contributed by atoms with Gasteiger partial charge in [-0.2, -0.15) is 0 Å². The number of benzene rings is 1. The molecule has 0 aliphatic carbocycles. The van der Waals surface area contributed by atoms with Crippen LogP contribution in [0, 0.1) is 13.8 Å². The maximum absolute atomic E-state index is 12.1. The van der Waals surface area contributed by atoms with Crippen LogP contribution >= 0.6 is 0 Å². The van der Waals surface area contributed by atoms with Crippen molar-refractivity contribution in [2.24, 2.45) is 0 Å². The quantitative estimate of drug-likeness (QED) is 0.899. The standard InChI is InChI=1S/C14H21NO4S/c1-11-4-5-13(10-12(11)2)20(16,17)15-7-6-14-18-8-3-9-19-14/h4-5,10,14-15H,3,6-9H2,1-2H3. The Morgan fingerprint density at radius 2 is 1.90 bits per heavy atom. The van der Waals surface area contributed by atoms with Crippen molar-refractivity contribution >= 4 is 10.0 Å². The molecule has 6 heteroatoms. The first-order chi connectivity index (χ1) is 9.49. The molecule has 0 spiro atoms. The third-order valence-electron chi connectivity index (χ3n) is 3.36. The summed E-state index contributed by atoms with van der Waals surface area (Å²) in [5.74, 6) is 0. The Morgan fingerprint density at radius 1 is 1.20 bits per heavy atom. The number of sulfonamides is 1. The van der Waals surface area contributed by atoms with Gasteiger partial charge in [0.15, 0.2) is 6.29 Å². The highest BCUT2D eigenvalue weighted by molar-refractivity contribution is 7.89. The molecule has 1 saturated heterocycles. The Kier molecular flexibility index (Phi) is 5.15. The lowest BCUT2D eigenvalue weighted by atomic mass is 10.1. The van der Waals surface area contributed by atoms with Crippen LogP contribution < -0.4 is 4.72 Å². The highest BCUT2D eigenvalue weighted by Gasteiger charge is 2.17. The first-order valence-corrected chi connectivity index (χ1v) is 8.27. The van der Waals surface area contributed by atoms with Crippen molar-refractivity contribution in [2.75, 3.05) is 19.8 Å². The van der Waals surface area contributed by atoms with Gasteiger partial charge in [-0.15, -0.1) is 0 Å². The number of nitrogens with one attached hydrogen (secondary N) is 1. The first kappa shape index (κ1) is 15.4. The molecule has 0 radical (unpaired) electrons. The molecule has 20 heavy (non-hydrogen) atoms. The fraction of sp³-hybridized carbons (Fsp3) is 0.571. The van der Waals surface area contributed by atoms with Gasteiger partial charge in [-0.05, 0) is 43.5 Å². The average Bonchev–Trinajstić information content (AvgIpc) is 2.43. The molecule has 0 amide bonds. The normalized spacial score (nSPS) is 17.3. The second-order valence-electron chi connectivity index (χ2n) is 4.96. The first-order valence-electron chi connectivity index (χ1n) is 6.79. The summed E-state index contributed by atoms with van der Waals surface area (Å²) in [4.78, 5) is 0.297. The van der Waals surface area contributed by atoms with Gasteiger partial charge in [0.2, 0.25) is 10.0 Å². The summed E-state index contributed by atoms with van der Waals surface area (Å²) >= 11 is 0. The minimum absolute atomic E-state index is 0.297. The molecule has 2 rings (SSSR count). The van der Waals surface area contributed by atoms with E-state index < -0.39 is 10.0 Å². The number of aryl methyl sites for hydroxylation is 2. The molecule has 0 aromatic heterocycles. The molecule has 1 aliphatic heterocycles. The second-order valence-corrected chi connectivity index (χ2v) is 6.72. The summed E-state index contributed by atoms with van der Waals surface area (Å²) in [6.45, 7) is 5.51. The van der Waals surface area contributed by atoms with E-state index in [1.807, 2.05) is 19.9 Å². The molecule has 1 fully saturated rings. The van der Waals surface area contributed by atoms with Crippen LogP contribution in [-0.2, 0) is 19.5 Å². The summed E-state index contributed by atoms with van der Waals surface area (Å²) in [6.07, 6.45) is 1.11. The lowest BCUT2D eigenvalue weighted by Crippen LogP contribution is -2.31. The van der Waals surface area contributed by atoms with Gasteiger partial charge in [0.05, 0.1) is 18.1 Å². The lowest BCUT2D eigenvalue weighted by molar-refractivity contribution is -0.180. The Hall–Kier alpha value is -0.950. The molecular weight excluding hydrogens is 278 g/mol.